The second kappa shape index (κ2) is 48.9. The molecule has 4 N–H and O–H groups in total. The van der Waals surface area contributed by atoms with Gasteiger partial charge in [-0.05, 0) is 38.5 Å². The van der Waals surface area contributed by atoms with Crippen LogP contribution >= 0.6 is 0 Å². The molecule has 0 aromatic heterocycles. The predicted molar refractivity (Wildman–Crippen MR) is 275 cm³/mol. The Morgan fingerprint density at radius 2 is 0.833 bits per heavy atom. The summed E-state index contributed by atoms with van der Waals surface area (Å²) < 4.78 is 23.0. The van der Waals surface area contributed by atoms with Gasteiger partial charge in [0.05, 0.1) is 19.8 Å². The second-order valence-electron chi connectivity index (χ2n) is 20.1. The predicted octanol–water partition coefficient (Wildman–Crippen LogP) is 14.7. The number of ether oxygens (including phenoxy) is 4. The van der Waals surface area contributed by atoms with Gasteiger partial charge in [-0.1, -0.05) is 251 Å². The first-order valence-corrected chi connectivity index (χ1v) is 28.8. The Labute approximate surface area is 407 Å². The monoisotopic (exact) mass is 939 g/mol. The summed E-state index contributed by atoms with van der Waals surface area (Å²) >= 11 is 0. The van der Waals surface area contributed by atoms with Gasteiger partial charge in [0.1, 0.15) is 30.5 Å². The normalized spacial score (nSPS) is 19.3. The quantitative estimate of drug-likeness (QED) is 0.0267. The van der Waals surface area contributed by atoms with Crippen molar-refractivity contribution in [1.82, 2.24) is 0 Å². The van der Waals surface area contributed by atoms with Crippen molar-refractivity contribution < 1.29 is 44.2 Å². The molecule has 0 amide bonds. The maximum atomic E-state index is 12.9. The molecule has 66 heavy (non-hydrogen) atoms. The fourth-order valence-corrected chi connectivity index (χ4v) is 9.20. The smallest absolute Gasteiger partial charge is 0.306 e. The van der Waals surface area contributed by atoms with Crippen molar-refractivity contribution in [2.45, 2.75) is 320 Å². The number of esters is 1. The van der Waals surface area contributed by atoms with Crippen LogP contribution < -0.4 is 0 Å². The van der Waals surface area contributed by atoms with Crippen molar-refractivity contribution in [2.75, 3.05) is 26.4 Å². The van der Waals surface area contributed by atoms with Gasteiger partial charge in [0.15, 0.2) is 6.29 Å². The van der Waals surface area contributed by atoms with Gasteiger partial charge in [-0.25, -0.2) is 0 Å². The Kier molecular flexibility index (Phi) is 46.7. The lowest BCUT2D eigenvalue weighted by Gasteiger charge is -2.39. The number of rotatable bonds is 51. The lowest BCUT2D eigenvalue weighted by molar-refractivity contribution is -0.305. The zero-order chi connectivity index (χ0) is 47.8. The summed E-state index contributed by atoms with van der Waals surface area (Å²) in [5.74, 6) is -0.311. The van der Waals surface area contributed by atoms with Crippen LogP contribution in [0.25, 0.3) is 0 Å². The van der Waals surface area contributed by atoms with E-state index in [1.165, 1.54) is 231 Å². The third kappa shape index (κ3) is 38.7. The second-order valence-corrected chi connectivity index (χ2v) is 20.1. The summed E-state index contributed by atoms with van der Waals surface area (Å²) in [6.07, 6.45) is 51.2. The highest BCUT2D eigenvalue weighted by molar-refractivity contribution is 5.69. The summed E-state index contributed by atoms with van der Waals surface area (Å²) in [5, 5.41) is 40.3. The van der Waals surface area contributed by atoms with Gasteiger partial charge in [-0.3, -0.25) is 4.79 Å². The van der Waals surface area contributed by atoms with Crippen LogP contribution in [0.1, 0.15) is 284 Å². The highest BCUT2D eigenvalue weighted by atomic mass is 16.7. The standard InChI is InChI=1S/C57H110O9/c1-3-5-7-9-11-13-15-17-19-21-23-24-25-26-27-28-29-31-33-35-37-39-41-43-45-47-63-49-51(50-64-57-56(62)55(61)54(60)52(48-58)66-57)65-53(59)46-44-42-40-38-36-34-32-30-22-20-18-16-14-12-10-8-6-4-2/h20,22,51-52,54-58,60-62H,3-19,21,23-50H2,1-2H3/b22-20-. The number of unbranched alkanes of at least 4 members (excludes halogenated alkanes) is 38. The molecule has 1 aliphatic rings. The van der Waals surface area contributed by atoms with Crippen LogP contribution in [0.5, 0.6) is 0 Å². The molecule has 1 rings (SSSR count). The van der Waals surface area contributed by atoms with Gasteiger partial charge in [-0.15, -0.1) is 0 Å². The summed E-state index contributed by atoms with van der Waals surface area (Å²) in [4.78, 5) is 12.9. The van der Waals surface area contributed by atoms with Gasteiger partial charge in [0, 0.05) is 13.0 Å². The Balaban J connectivity index is 2.13. The van der Waals surface area contributed by atoms with E-state index in [1.54, 1.807) is 0 Å². The number of carbonyl (C=O) groups excluding carboxylic acids is 1. The van der Waals surface area contributed by atoms with E-state index in [0.29, 0.717) is 13.0 Å². The minimum Gasteiger partial charge on any atom is -0.457 e. The molecule has 0 spiro atoms. The average molecular weight is 939 g/mol. The van der Waals surface area contributed by atoms with Crippen molar-refractivity contribution in [3.63, 3.8) is 0 Å². The van der Waals surface area contributed by atoms with Gasteiger partial charge >= 0.3 is 5.97 Å². The number of hydrogen-bond donors (Lipinski definition) is 4. The van der Waals surface area contributed by atoms with E-state index in [0.717, 1.165) is 32.1 Å². The maximum Gasteiger partial charge on any atom is 0.306 e. The Bertz CT molecular complexity index is 1020. The third-order valence-electron chi connectivity index (χ3n) is 13.7. The zero-order valence-electron chi connectivity index (χ0n) is 43.5. The first kappa shape index (κ1) is 62.9. The molecule has 0 saturated carbocycles. The fraction of sp³-hybridized carbons (Fsp3) is 0.947. The van der Waals surface area contributed by atoms with Gasteiger partial charge in [0.25, 0.3) is 0 Å². The van der Waals surface area contributed by atoms with Crippen LogP contribution in [0.15, 0.2) is 12.2 Å². The Hall–Kier alpha value is -1.07. The summed E-state index contributed by atoms with van der Waals surface area (Å²) in [5.41, 5.74) is 0. The summed E-state index contributed by atoms with van der Waals surface area (Å²) in [7, 11) is 0. The largest absolute Gasteiger partial charge is 0.457 e. The molecule has 0 aromatic rings. The molecule has 0 bridgehead atoms. The van der Waals surface area contributed by atoms with E-state index < -0.39 is 43.4 Å². The van der Waals surface area contributed by atoms with E-state index in [9.17, 15) is 25.2 Å². The molecule has 1 saturated heterocycles. The van der Waals surface area contributed by atoms with Crippen LogP contribution in [0.2, 0.25) is 0 Å². The SMILES string of the molecule is CCCCCCCCC/C=C\CCCCCCCCCC(=O)OC(COCCCCCCCCCCCCCCCCCCCCCCCCCCC)COC1OC(CO)C(O)C(O)C1O. The molecule has 6 unspecified atom stereocenters. The molecule has 9 nitrogen and oxygen atoms in total. The van der Waals surface area contributed by atoms with E-state index in [1.807, 2.05) is 0 Å². The lowest BCUT2D eigenvalue weighted by atomic mass is 9.99. The highest BCUT2D eigenvalue weighted by Crippen LogP contribution is 2.23. The number of aliphatic hydroxyl groups excluding tert-OH is 4. The molecule has 1 heterocycles. The molecule has 1 fully saturated rings. The third-order valence-corrected chi connectivity index (χ3v) is 13.7. The van der Waals surface area contributed by atoms with Crippen molar-refractivity contribution >= 4 is 5.97 Å². The first-order valence-electron chi connectivity index (χ1n) is 28.8. The molecule has 1 aliphatic heterocycles. The molecule has 0 aromatic carbocycles. The molecule has 9 heteroatoms. The van der Waals surface area contributed by atoms with E-state index in [2.05, 4.69) is 26.0 Å². The van der Waals surface area contributed by atoms with Crippen LogP contribution in [-0.2, 0) is 23.7 Å². The Morgan fingerprint density at radius 3 is 1.23 bits per heavy atom. The Morgan fingerprint density at radius 1 is 0.470 bits per heavy atom. The van der Waals surface area contributed by atoms with Crippen LogP contribution in [0.3, 0.4) is 0 Å². The van der Waals surface area contributed by atoms with Crippen molar-refractivity contribution in [2.24, 2.45) is 0 Å². The topological polar surface area (TPSA) is 135 Å². The van der Waals surface area contributed by atoms with Crippen molar-refractivity contribution in [3.05, 3.63) is 12.2 Å². The average Bonchev–Trinajstić information content (AvgIpc) is 3.32. The molecule has 392 valence electrons. The van der Waals surface area contributed by atoms with Crippen molar-refractivity contribution in [1.29, 1.82) is 0 Å². The molecular formula is C57H110O9. The number of allylic oxidation sites excluding steroid dienone is 2. The van der Waals surface area contributed by atoms with Crippen LogP contribution in [-0.4, -0.2) is 89.6 Å². The van der Waals surface area contributed by atoms with Gasteiger partial charge in [-0.2, -0.15) is 0 Å². The number of hydrogen-bond acceptors (Lipinski definition) is 9. The number of aliphatic hydroxyl groups is 4. The van der Waals surface area contributed by atoms with Crippen LogP contribution in [0, 0.1) is 0 Å². The van der Waals surface area contributed by atoms with E-state index >= 15 is 0 Å². The minimum absolute atomic E-state index is 0.109. The highest BCUT2D eigenvalue weighted by Gasteiger charge is 2.44. The zero-order valence-corrected chi connectivity index (χ0v) is 43.5. The summed E-state index contributed by atoms with van der Waals surface area (Å²) in [6, 6.07) is 0. The molecule has 0 aliphatic carbocycles. The van der Waals surface area contributed by atoms with Gasteiger partial charge < -0.3 is 39.4 Å². The van der Waals surface area contributed by atoms with Crippen LogP contribution in [0.4, 0.5) is 0 Å². The van der Waals surface area contributed by atoms with Crippen molar-refractivity contribution in [3.8, 4) is 0 Å². The van der Waals surface area contributed by atoms with Gasteiger partial charge in [0.2, 0.25) is 0 Å². The molecule has 6 atom stereocenters. The first-order chi connectivity index (χ1) is 32.4. The maximum absolute atomic E-state index is 12.9. The molecular weight excluding hydrogens is 829 g/mol. The summed E-state index contributed by atoms with van der Waals surface area (Å²) in [6.45, 7) is 4.62. The van der Waals surface area contributed by atoms with E-state index in [4.69, 9.17) is 18.9 Å². The molecule has 0 radical (unpaired) electrons. The van der Waals surface area contributed by atoms with E-state index in [-0.39, 0.29) is 19.2 Å². The lowest BCUT2D eigenvalue weighted by Crippen LogP contribution is -2.59. The fourth-order valence-electron chi connectivity index (χ4n) is 9.20. The minimum atomic E-state index is -1.53. The number of carbonyl (C=O) groups is 1.